The van der Waals surface area contributed by atoms with Gasteiger partial charge in [-0.1, -0.05) is 26.0 Å². The summed E-state index contributed by atoms with van der Waals surface area (Å²) in [6.45, 7) is 6.84. The third kappa shape index (κ3) is 2.16. The lowest BCUT2D eigenvalue weighted by Gasteiger charge is -2.32. The Morgan fingerprint density at radius 3 is 2.75 bits per heavy atom. The van der Waals surface area contributed by atoms with Gasteiger partial charge in [0.2, 0.25) is 0 Å². The van der Waals surface area contributed by atoms with Crippen LogP contribution in [0.5, 0.6) is 0 Å². The quantitative estimate of drug-likeness (QED) is 0.835. The fraction of sp³-hybridized carbons (Fsp3) is 0.571. The van der Waals surface area contributed by atoms with E-state index in [0.29, 0.717) is 6.04 Å². The van der Waals surface area contributed by atoms with Crippen LogP contribution < -0.4 is 10.2 Å². The Morgan fingerprint density at radius 1 is 1.25 bits per heavy atom. The molecular formula is C14H22N2. The van der Waals surface area contributed by atoms with E-state index in [4.69, 9.17) is 0 Å². The van der Waals surface area contributed by atoms with Crippen molar-refractivity contribution in [3.63, 3.8) is 0 Å². The van der Waals surface area contributed by atoms with Crippen LogP contribution in [0.2, 0.25) is 0 Å². The summed E-state index contributed by atoms with van der Waals surface area (Å²) in [7, 11) is 0. The second kappa shape index (κ2) is 5.24. The Kier molecular flexibility index (Phi) is 3.70. The van der Waals surface area contributed by atoms with Crippen LogP contribution in [0.4, 0.5) is 11.4 Å². The van der Waals surface area contributed by atoms with Gasteiger partial charge in [-0.2, -0.15) is 0 Å². The van der Waals surface area contributed by atoms with Crippen molar-refractivity contribution in [2.75, 3.05) is 23.3 Å². The van der Waals surface area contributed by atoms with Crippen LogP contribution in [0, 0.1) is 0 Å². The SMILES string of the molecule is CCC(CC)N1CCCNc2ccccc21. The number of hydrogen-bond donors (Lipinski definition) is 1. The summed E-state index contributed by atoms with van der Waals surface area (Å²) < 4.78 is 0. The normalized spacial score (nSPS) is 15.6. The first-order valence-electron chi connectivity index (χ1n) is 6.46. The topological polar surface area (TPSA) is 15.3 Å². The molecule has 0 spiro atoms. The van der Waals surface area contributed by atoms with Crippen molar-refractivity contribution in [2.45, 2.75) is 39.2 Å². The zero-order chi connectivity index (χ0) is 11.4. The van der Waals surface area contributed by atoms with Crippen molar-refractivity contribution in [3.8, 4) is 0 Å². The number of benzene rings is 1. The summed E-state index contributed by atoms with van der Waals surface area (Å²) in [5.74, 6) is 0. The maximum Gasteiger partial charge on any atom is 0.0604 e. The standard InChI is InChI=1S/C14H22N2/c1-3-12(4-2)16-11-7-10-15-13-8-5-6-9-14(13)16/h5-6,8-9,12,15H,3-4,7,10-11H2,1-2H3. The van der Waals surface area contributed by atoms with Gasteiger partial charge >= 0.3 is 0 Å². The number of hydrogen-bond acceptors (Lipinski definition) is 2. The molecule has 2 heteroatoms. The van der Waals surface area contributed by atoms with E-state index in [1.807, 2.05) is 0 Å². The van der Waals surface area contributed by atoms with E-state index in [1.54, 1.807) is 0 Å². The first kappa shape index (κ1) is 11.3. The van der Waals surface area contributed by atoms with Gasteiger partial charge in [0.05, 0.1) is 11.4 Å². The maximum atomic E-state index is 3.52. The molecule has 1 aliphatic rings. The number of para-hydroxylation sites is 2. The Hall–Kier alpha value is -1.18. The van der Waals surface area contributed by atoms with Crippen molar-refractivity contribution >= 4 is 11.4 Å². The summed E-state index contributed by atoms with van der Waals surface area (Å²) in [6, 6.07) is 9.37. The van der Waals surface area contributed by atoms with Gasteiger partial charge < -0.3 is 10.2 Å². The molecular weight excluding hydrogens is 196 g/mol. The number of rotatable bonds is 3. The highest BCUT2D eigenvalue weighted by molar-refractivity contribution is 5.71. The van der Waals surface area contributed by atoms with Crippen molar-refractivity contribution < 1.29 is 0 Å². The predicted molar refractivity (Wildman–Crippen MR) is 71.3 cm³/mol. The Bertz CT molecular complexity index is 331. The average Bonchev–Trinajstić information content (AvgIpc) is 2.54. The van der Waals surface area contributed by atoms with E-state index in [0.717, 1.165) is 6.54 Å². The van der Waals surface area contributed by atoms with Crippen molar-refractivity contribution in [3.05, 3.63) is 24.3 Å². The molecule has 0 amide bonds. The van der Waals surface area contributed by atoms with E-state index < -0.39 is 0 Å². The van der Waals surface area contributed by atoms with E-state index in [-0.39, 0.29) is 0 Å². The highest BCUT2D eigenvalue weighted by atomic mass is 15.2. The van der Waals surface area contributed by atoms with Gasteiger partial charge in [-0.3, -0.25) is 0 Å². The molecule has 1 heterocycles. The molecule has 0 fully saturated rings. The molecule has 1 N–H and O–H groups in total. The molecule has 1 aromatic carbocycles. The molecule has 0 saturated heterocycles. The summed E-state index contributed by atoms with van der Waals surface area (Å²) in [4.78, 5) is 2.58. The lowest BCUT2D eigenvalue weighted by Crippen LogP contribution is -2.34. The third-order valence-corrected chi connectivity index (χ3v) is 3.49. The maximum absolute atomic E-state index is 3.52. The highest BCUT2D eigenvalue weighted by Crippen LogP contribution is 2.30. The molecule has 16 heavy (non-hydrogen) atoms. The zero-order valence-corrected chi connectivity index (χ0v) is 10.4. The van der Waals surface area contributed by atoms with Gasteiger partial charge in [-0.15, -0.1) is 0 Å². The molecule has 0 bridgehead atoms. The van der Waals surface area contributed by atoms with Gasteiger partial charge in [0.1, 0.15) is 0 Å². The fourth-order valence-electron chi connectivity index (χ4n) is 2.58. The van der Waals surface area contributed by atoms with Gasteiger partial charge in [0.25, 0.3) is 0 Å². The minimum atomic E-state index is 0.682. The van der Waals surface area contributed by atoms with Crippen LogP contribution in [0.1, 0.15) is 33.1 Å². The molecule has 0 unspecified atom stereocenters. The van der Waals surface area contributed by atoms with Gasteiger partial charge in [0, 0.05) is 19.1 Å². The van der Waals surface area contributed by atoms with E-state index in [1.165, 1.54) is 37.2 Å². The van der Waals surface area contributed by atoms with E-state index in [2.05, 4.69) is 48.3 Å². The average molecular weight is 218 g/mol. The molecule has 0 atom stereocenters. The van der Waals surface area contributed by atoms with Gasteiger partial charge in [-0.05, 0) is 31.4 Å². The van der Waals surface area contributed by atoms with Crippen LogP contribution in [-0.4, -0.2) is 19.1 Å². The Balaban J connectivity index is 2.31. The molecule has 0 aliphatic carbocycles. The zero-order valence-electron chi connectivity index (χ0n) is 10.4. The molecule has 0 aromatic heterocycles. The predicted octanol–water partition coefficient (Wildman–Crippen LogP) is 3.50. The Morgan fingerprint density at radius 2 is 2.00 bits per heavy atom. The van der Waals surface area contributed by atoms with Crippen LogP contribution in [0.25, 0.3) is 0 Å². The highest BCUT2D eigenvalue weighted by Gasteiger charge is 2.19. The molecule has 0 radical (unpaired) electrons. The van der Waals surface area contributed by atoms with Crippen LogP contribution in [0.15, 0.2) is 24.3 Å². The number of anilines is 2. The smallest absolute Gasteiger partial charge is 0.0604 e. The number of nitrogens with one attached hydrogen (secondary N) is 1. The molecule has 88 valence electrons. The van der Waals surface area contributed by atoms with E-state index >= 15 is 0 Å². The van der Waals surface area contributed by atoms with Gasteiger partial charge in [-0.25, -0.2) is 0 Å². The lowest BCUT2D eigenvalue weighted by atomic mass is 10.1. The molecule has 2 nitrogen and oxygen atoms in total. The van der Waals surface area contributed by atoms with Crippen LogP contribution >= 0.6 is 0 Å². The molecule has 1 aliphatic heterocycles. The number of fused-ring (bicyclic) bond motifs is 1. The summed E-state index contributed by atoms with van der Waals surface area (Å²) >= 11 is 0. The first-order chi connectivity index (χ1) is 7.86. The summed E-state index contributed by atoms with van der Waals surface area (Å²) in [5.41, 5.74) is 2.68. The van der Waals surface area contributed by atoms with E-state index in [9.17, 15) is 0 Å². The minimum Gasteiger partial charge on any atom is -0.383 e. The number of nitrogens with zero attached hydrogens (tertiary/aromatic N) is 1. The largest absolute Gasteiger partial charge is 0.383 e. The third-order valence-electron chi connectivity index (χ3n) is 3.49. The van der Waals surface area contributed by atoms with Crippen molar-refractivity contribution in [2.24, 2.45) is 0 Å². The monoisotopic (exact) mass is 218 g/mol. The lowest BCUT2D eigenvalue weighted by molar-refractivity contribution is 0.555. The first-order valence-corrected chi connectivity index (χ1v) is 6.46. The summed E-state index contributed by atoms with van der Waals surface area (Å²) in [5, 5.41) is 3.52. The molecule has 0 saturated carbocycles. The summed E-state index contributed by atoms with van der Waals surface area (Å²) in [6.07, 6.45) is 3.68. The van der Waals surface area contributed by atoms with Gasteiger partial charge in [0.15, 0.2) is 0 Å². The van der Waals surface area contributed by atoms with Crippen molar-refractivity contribution in [1.82, 2.24) is 0 Å². The minimum absolute atomic E-state index is 0.682. The van der Waals surface area contributed by atoms with Crippen molar-refractivity contribution in [1.29, 1.82) is 0 Å². The molecule has 1 aromatic rings. The van der Waals surface area contributed by atoms with Crippen LogP contribution in [-0.2, 0) is 0 Å². The second-order valence-corrected chi connectivity index (χ2v) is 4.46. The Labute approximate surface area is 98.7 Å². The molecule has 2 rings (SSSR count). The fourth-order valence-corrected chi connectivity index (χ4v) is 2.58. The second-order valence-electron chi connectivity index (χ2n) is 4.46. The van der Waals surface area contributed by atoms with Crippen LogP contribution in [0.3, 0.4) is 0 Å².